The van der Waals surface area contributed by atoms with Gasteiger partial charge in [-0.05, 0) is 62.4 Å². The highest BCUT2D eigenvalue weighted by molar-refractivity contribution is 6.30. The van der Waals surface area contributed by atoms with Crippen LogP contribution in [-0.2, 0) is 16.1 Å². The Morgan fingerprint density at radius 2 is 1.88 bits per heavy atom. The Kier molecular flexibility index (Phi) is 5.35. The number of carbonyl (C=O) groups excluding carboxylic acids is 1. The number of amides is 1. The largest absolute Gasteiger partial charge is 0.480 e. The fourth-order valence-electron chi connectivity index (χ4n) is 3.97. The quantitative estimate of drug-likeness (QED) is 0.892. The Bertz CT molecular complexity index is 639. The molecule has 25 heavy (non-hydrogen) atoms. The van der Waals surface area contributed by atoms with Gasteiger partial charge in [0.15, 0.2) is 0 Å². The molecule has 1 N–H and O–H groups in total. The zero-order valence-electron chi connectivity index (χ0n) is 14.6. The van der Waals surface area contributed by atoms with Crippen molar-refractivity contribution in [2.45, 2.75) is 45.2 Å². The van der Waals surface area contributed by atoms with Crippen LogP contribution in [0.2, 0.25) is 5.02 Å². The minimum absolute atomic E-state index is 0.0240. The Balaban J connectivity index is 1.59. The van der Waals surface area contributed by atoms with Gasteiger partial charge in [0.25, 0.3) is 0 Å². The normalized spacial score (nSPS) is 22.2. The van der Waals surface area contributed by atoms with Crippen LogP contribution in [0.3, 0.4) is 0 Å². The van der Waals surface area contributed by atoms with Gasteiger partial charge in [0, 0.05) is 24.5 Å². The van der Waals surface area contributed by atoms with Gasteiger partial charge < -0.3 is 10.0 Å². The van der Waals surface area contributed by atoms with E-state index in [0.29, 0.717) is 13.0 Å². The van der Waals surface area contributed by atoms with Crippen molar-refractivity contribution in [3.05, 3.63) is 34.9 Å². The number of piperidine rings is 2. The van der Waals surface area contributed by atoms with Gasteiger partial charge in [-0.3, -0.25) is 9.69 Å². The summed E-state index contributed by atoms with van der Waals surface area (Å²) < 4.78 is 0. The molecular weight excluding hydrogens is 340 g/mol. The lowest BCUT2D eigenvalue weighted by atomic mass is 9.72. The van der Waals surface area contributed by atoms with E-state index in [0.717, 1.165) is 43.9 Å². The highest BCUT2D eigenvalue weighted by atomic mass is 35.5. The van der Waals surface area contributed by atoms with Gasteiger partial charge in [-0.1, -0.05) is 23.7 Å². The lowest BCUT2D eigenvalue weighted by Gasteiger charge is -2.48. The fourth-order valence-corrected chi connectivity index (χ4v) is 4.10. The van der Waals surface area contributed by atoms with E-state index < -0.39 is 12.0 Å². The van der Waals surface area contributed by atoms with E-state index in [2.05, 4.69) is 17.0 Å². The molecule has 1 unspecified atom stereocenters. The van der Waals surface area contributed by atoms with E-state index in [9.17, 15) is 14.7 Å². The summed E-state index contributed by atoms with van der Waals surface area (Å²) in [7, 11) is 0. The second kappa shape index (κ2) is 7.34. The molecule has 0 radical (unpaired) electrons. The molecule has 1 atom stereocenters. The number of benzene rings is 1. The first-order valence-corrected chi connectivity index (χ1v) is 9.25. The van der Waals surface area contributed by atoms with Crippen LogP contribution in [0.4, 0.5) is 0 Å². The molecule has 2 aliphatic heterocycles. The van der Waals surface area contributed by atoms with Gasteiger partial charge in [0.1, 0.15) is 6.04 Å². The van der Waals surface area contributed by atoms with Crippen molar-refractivity contribution in [2.24, 2.45) is 5.41 Å². The summed E-state index contributed by atoms with van der Waals surface area (Å²) in [6.45, 7) is 5.04. The first kappa shape index (κ1) is 18.2. The van der Waals surface area contributed by atoms with Crippen molar-refractivity contribution in [1.29, 1.82) is 0 Å². The number of rotatable bonds is 4. The van der Waals surface area contributed by atoms with Crippen LogP contribution in [-0.4, -0.2) is 52.5 Å². The molecule has 0 aromatic heterocycles. The van der Waals surface area contributed by atoms with Gasteiger partial charge in [-0.25, -0.2) is 4.79 Å². The standard InChI is InChI=1S/C19H25ClN2O3/c1-14(18(24)25)22-13-19(7-6-17(22)23)8-10-21(11-9-19)12-15-2-4-16(20)5-3-15/h2-5,14H,6-13H2,1H3,(H,24,25). The molecule has 2 saturated heterocycles. The van der Waals surface area contributed by atoms with E-state index in [4.69, 9.17) is 11.6 Å². The van der Waals surface area contributed by atoms with Crippen molar-refractivity contribution in [2.75, 3.05) is 19.6 Å². The second-order valence-corrected chi connectivity index (χ2v) is 7.87. The maximum atomic E-state index is 12.1. The van der Waals surface area contributed by atoms with Gasteiger partial charge >= 0.3 is 5.97 Å². The predicted octanol–water partition coefficient (Wildman–Crippen LogP) is 3.02. The number of carboxylic acids is 1. The van der Waals surface area contributed by atoms with Crippen molar-refractivity contribution in [3.8, 4) is 0 Å². The lowest BCUT2D eigenvalue weighted by molar-refractivity contribution is -0.155. The highest BCUT2D eigenvalue weighted by Crippen LogP contribution is 2.41. The summed E-state index contributed by atoms with van der Waals surface area (Å²) in [5.74, 6) is -0.949. The molecule has 1 amide bonds. The molecule has 2 fully saturated rings. The third-order valence-corrected chi connectivity index (χ3v) is 6.01. The summed E-state index contributed by atoms with van der Waals surface area (Å²) >= 11 is 5.94. The van der Waals surface area contributed by atoms with Crippen molar-refractivity contribution in [1.82, 2.24) is 9.80 Å². The molecule has 1 spiro atoms. The average Bonchev–Trinajstić information content (AvgIpc) is 2.60. The fraction of sp³-hybridized carbons (Fsp3) is 0.579. The summed E-state index contributed by atoms with van der Waals surface area (Å²) in [6, 6.07) is 7.21. The maximum absolute atomic E-state index is 12.1. The highest BCUT2D eigenvalue weighted by Gasteiger charge is 2.43. The van der Waals surface area contributed by atoms with Crippen LogP contribution < -0.4 is 0 Å². The minimum Gasteiger partial charge on any atom is -0.480 e. The average molecular weight is 365 g/mol. The lowest BCUT2D eigenvalue weighted by Crippen LogP contribution is -2.55. The van der Waals surface area contributed by atoms with Crippen molar-refractivity contribution < 1.29 is 14.7 Å². The third-order valence-electron chi connectivity index (χ3n) is 5.76. The van der Waals surface area contributed by atoms with E-state index >= 15 is 0 Å². The molecule has 3 rings (SSSR count). The number of aliphatic carboxylic acids is 1. The smallest absolute Gasteiger partial charge is 0.326 e. The first-order valence-electron chi connectivity index (χ1n) is 8.88. The molecule has 6 heteroatoms. The number of hydrogen-bond acceptors (Lipinski definition) is 3. The summed E-state index contributed by atoms with van der Waals surface area (Å²) in [6.07, 6.45) is 3.37. The zero-order valence-corrected chi connectivity index (χ0v) is 15.3. The number of likely N-dealkylation sites (tertiary alicyclic amines) is 2. The van der Waals surface area contributed by atoms with E-state index in [1.807, 2.05) is 12.1 Å². The molecule has 0 saturated carbocycles. The van der Waals surface area contributed by atoms with Gasteiger partial charge in [0.05, 0.1) is 0 Å². The van der Waals surface area contributed by atoms with Crippen LogP contribution in [0.5, 0.6) is 0 Å². The van der Waals surface area contributed by atoms with Crippen molar-refractivity contribution in [3.63, 3.8) is 0 Å². The van der Waals surface area contributed by atoms with Crippen LogP contribution in [0.25, 0.3) is 0 Å². The Labute approximate surface area is 153 Å². The SMILES string of the molecule is CC(C(=O)O)N1CC2(CCC1=O)CCN(Cc1ccc(Cl)cc1)CC2. The molecule has 2 heterocycles. The van der Waals surface area contributed by atoms with Crippen molar-refractivity contribution >= 4 is 23.5 Å². The van der Waals surface area contributed by atoms with E-state index in [1.165, 1.54) is 5.56 Å². The van der Waals surface area contributed by atoms with Crippen LogP contribution in [0.1, 0.15) is 38.2 Å². The van der Waals surface area contributed by atoms with E-state index in [-0.39, 0.29) is 11.3 Å². The zero-order chi connectivity index (χ0) is 18.0. The second-order valence-electron chi connectivity index (χ2n) is 7.44. The van der Waals surface area contributed by atoms with E-state index in [1.54, 1.807) is 11.8 Å². The molecule has 1 aromatic carbocycles. The molecule has 1 aromatic rings. The number of carboxylic acid groups (broad SMARTS) is 1. The maximum Gasteiger partial charge on any atom is 0.326 e. The Morgan fingerprint density at radius 1 is 1.24 bits per heavy atom. The molecular formula is C19H25ClN2O3. The summed E-state index contributed by atoms with van der Waals surface area (Å²) in [5, 5.41) is 10.0. The number of halogens is 1. The predicted molar refractivity (Wildman–Crippen MR) is 96.4 cm³/mol. The molecule has 5 nitrogen and oxygen atoms in total. The van der Waals surface area contributed by atoms with Gasteiger partial charge in [-0.2, -0.15) is 0 Å². The van der Waals surface area contributed by atoms with Crippen LogP contribution in [0, 0.1) is 5.41 Å². The number of hydrogen-bond donors (Lipinski definition) is 1. The molecule has 136 valence electrons. The molecule has 0 aliphatic carbocycles. The minimum atomic E-state index is -0.925. The Hall–Kier alpha value is -1.59. The topological polar surface area (TPSA) is 60.9 Å². The molecule has 2 aliphatic rings. The number of nitrogens with zero attached hydrogens (tertiary/aromatic N) is 2. The first-order chi connectivity index (χ1) is 11.9. The summed E-state index contributed by atoms with van der Waals surface area (Å²) in [5.41, 5.74) is 1.33. The molecule has 0 bridgehead atoms. The monoisotopic (exact) mass is 364 g/mol. The van der Waals surface area contributed by atoms with Gasteiger partial charge in [-0.15, -0.1) is 0 Å². The Morgan fingerprint density at radius 3 is 2.48 bits per heavy atom. The van der Waals surface area contributed by atoms with Crippen LogP contribution in [0.15, 0.2) is 24.3 Å². The third kappa shape index (κ3) is 4.15. The summed E-state index contributed by atoms with van der Waals surface area (Å²) in [4.78, 5) is 27.4. The number of carbonyl (C=O) groups is 2. The van der Waals surface area contributed by atoms with Crippen LogP contribution >= 0.6 is 11.6 Å². The van der Waals surface area contributed by atoms with Gasteiger partial charge in [0.2, 0.25) is 5.91 Å².